The molecule has 0 aromatic heterocycles. The van der Waals surface area contributed by atoms with Crippen LogP contribution in [0.3, 0.4) is 0 Å². The largest absolute Gasteiger partial charge is 0.0654 e. The van der Waals surface area contributed by atoms with Crippen LogP contribution in [0.5, 0.6) is 0 Å². The first-order valence-corrected chi connectivity index (χ1v) is 11.6. The van der Waals surface area contributed by atoms with Gasteiger partial charge < -0.3 is 0 Å². The van der Waals surface area contributed by atoms with Gasteiger partial charge in [-0.2, -0.15) is 0 Å². The van der Waals surface area contributed by atoms with Crippen LogP contribution in [0, 0.1) is 20.8 Å². The van der Waals surface area contributed by atoms with E-state index in [-0.39, 0.29) is 0 Å². The van der Waals surface area contributed by atoms with Crippen molar-refractivity contribution in [1.82, 2.24) is 0 Å². The highest BCUT2D eigenvalue weighted by atomic mass is 14.2. The molecule has 0 spiro atoms. The third-order valence-corrected chi connectivity index (χ3v) is 5.88. The van der Waals surface area contributed by atoms with Gasteiger partial charge in [-0.05, 0) is 68.6 Å². The van der Waals surface area contributed by atoms with Crippen molar-refractivity contribution in [2.45, 2.75) is 105 Å². The molecule has 2 unspecified atom stereocenters. The second-order valence-electron chi connectivity index (χ2n) is 8.56. The lowest BCUT2D eigenvalue weighted by atomic mass is 9.87. The van der Waals surface area contributed by atoms with Gasteiger partial charge in [0.05, 0.1) is 0 Å². The van der Waals surface area contributed by atoms with Gasteiger partial charge in [0.2, 0.25) is 0 Å². The molecule has 0 heterocycles. The zero-order valence-electron chi connectivity index (χ0n) is 19.6. The van der Waals surface area contributed by atoms with E-state index in [0.717, 1.165) is 11.8 Å². The third-order valence-electron chi connectivity index (χ3n) is 5.88. The Morgan fingerprint density at radius 2 is 1.36 bits per heavy atom. The van der Waals surface area contributed by atoms with E-state index in [1.54, 1.807) is 5.56 Å². The molecule has 0 amide bonds. The molecule has 0 fully saturated rings. The Morgan fingerprint density at radius 1 is 0.714 bits per heavy atom. The highest BCUT2D eigenvalue weighted by Gasteiger charge is 2.11. The van der Waals surface area contributed by atoms with Crippen molar-refractivity contribution in [3.8, 4) is 0 Å². The summed E-state index contributed by atoms with van der Waals surface area (Å²) in [4.78, 5) is 0. The van der Waals surface area contributed by atoms with Gasteiger partial charge in [0, 0.05) is 0 Å². The van der Waals surface area contributed by atoms with Gasteiger partial charge in [0.15, 0.2) is 0 Å². The van der Waals surface area contributed by atoms with E-state index in [2.05, 4.69) is 90.9 Å². The molecule has 2 rings (SSSR count). The topological polar surface area (TPSA) is 0 Å². The lowest BCUT2D eigenvalue weighted by molar-refractivity contribution is 0.551. The summed E-state index contributed by atoms with van der Waals surface area (Å²) in [5.74, 6) is 1.49. The molecule has 2 aromatic rings. The maximum absolute atomic E-state index is 2.34. The van der Waals surface area contributed by atoms with E-state index in [9.17, 15) is 0 Å². The van der Waals surface area contributed by atoms with Gasteiger partial charge in [0.25, 0.3) is 0 Å². The average Bonchev–Trinajstić information content (AvgIpc) is 2.67. The van der Waals surface area contributed by atoms with Crippen LogP contribution in [0.1, 0.15) is 112 Å². The quantitative estimate of drug-likeness (QED) is 0.380. The fourth-order valence-electron chi connectivity index (χ4n) is 4.00. The van der Waals surface area contributed by atoms with Crippen molar-refractivity contribution in [1.29, 1.82) is 0 Å². The molecule has 0 radical (unpaired) electrons. The Bertz CT molecular complexity index is 650. The Labute approximate surface area is 175 Å². The average molecular weight is 381 g/mol. The summed E-state index contributed by atoms with van der Waals surface area (Å²) >= 11 is 0. The predicted octanol–water partition coefficient (Wildman–Crippen LogP) is 9.28. The number of aryl methyl sites for hydroxylation is 3. The maximum atomic E-state index is 2.34. The summed E-state index contributed by atoms with van der Waals surface area (Å²) in [6, 6.07) is 15.8. The zero-order chi connectivity index (χ0) is 20.9. The van der Waals surface area contributed by atoms with Gasteiger partial charge >= 0.3 is 0 Å². The lowest BCUT2D eigenvalue weighted by Gasteiger charge is -2.18. The van der Waals surface area contributed by atoms with E-state index in [4.69, 9.17) is 0 Å². The number of rotatable bonds is 9. The summed E-state index contributed by atoms with van der Waals surface area (Å²) in [5.41, 5.74) is 7.25. The Hall–Kier alpha value is -1.56. The fraction of sp³-hybridized carbons (Fsp3) is 0.571. The van der Waals surface area contributed by atoms with Gasteiger partial charge in [-0.1, -0.05) is 107 Å². The minimum atomic E-state index is 0.718. The summed E-state index contributed by atoms with van der Waals surface area (Å²) < 4.78 is 0. The molecule has 0 nitrogen and oxygen atoms in total. The van der Waals surface area contributed by atoms with Crippen molar-refractivity contribution < 1.29 is 0 Å². The third kappa shape index (κ3) is 8.63. The molecule has 0 aliphatic heterocycles. The highest BCUT2D eigenvalue weighted by Crippen LogP contribution is 2.28. The van der Waals surface area contributed by atoms with Crippen molar-refractivity contribution in [3.63, 3.8) is 0 Å². The molecular weight excluding hydrogens is 336 g/mol. The van der Waals surface area contributed by atoms with Crippen molar-refractivity contribution in [3.05, 3.63) is 70.3 Å². The molecule has 0 aliphatic rings. The van der Waals surface area contributed by atoms with Crippen molar-refractivity contribution in [2.24, 2.45) is 0 Å². The van der Waals surface area contributed by atoms with Gasteiger partial charge in [-0.25, -0.2) is 0 Å². The molecule has 0 bridgehead atoms. The van der Waals surface area contributed by atoms with Crippen LogP contribution in [-0.2, 0) is 0 Å². The minimum absolute atomic E-state index is 0.718. The first-order valence-electron chi connectivity index (χ1n) is 11.6. The van der Waals surface area contributed by atoms with Crippen LogP contribution in [0.15, 0.2) is 42.5 Å². The molecule has 0 saturated heterocycles. The molecule has 0 heteroatoms. The second kappa shape index (κ2) is 13.6. The zero-order valence-corrected chi connectivity index (χ0v) is 19.6. The number of hydrogen-bond donors (Lipinski definition) is 0. The first-order chi connectivity index (χ1) is 13.4. The SMILES string of the molecule is CCCC(C)c1ccc(C)cc1.CCCCCC(CC)c1ccc(C)cc1C. The van der Waals surface area contributed by atoms with Crippen LogP contribution in [0.2, 0.25) is 0 Å². The highest BCUT2D eigenvalue weighted by molar-refractivity contribution is 5.33. The lowest BCUT2D eigenvalue weighted by Crippen LogP contribution is -2.00. The van der Waals surface area contributed by atoms with Crippen LogP contribution in [-0.4, -0.2) is 0 Å². The predicted molar refractivity (Wildman–Crippen MR) is 128 cm³/mol. The fourth-order valence-corrected chi connectivity index (χ4v) is 4.00. The van der Waals surface area contributed by atoms with E-state index >= 15 is 0 Å². The van der Waals surface area contributed by atoms with Crippen LogP contribution >= 0.6 is 0 Å². The van der Waals surface area contributed by atoms with E-state index < -0.39 is 0 Å². The standard InChI is InChI=1S/C16H26.C12H18/c1-5-7-8-9-15(6-2)16-11-10-13(3)12-14(16)4;1-4-5-11(3)12-8-6-10(2)7-9-12/h10-12,15H,5-9H2,1-4H3;6-9,11H,4-5H2,1-3H3. The van der Waals surface area contributed by atoms with Crippen LogP contribution in [0.25, 0.3) is 0 Å². The molecule has 0 saturated carbocycles. The maximum Gasteiger partial charge on any atom is -0.0162 e. The summed E-state index contributed by atoms with van der Waals surface area (Å²) in [7, 11) is 0. The smallest absolute Gasteiger partial charge is 0.0162 e. The van der Waals surface area contributed by atoms with Gasteiger partial charge in [0.1, 0.15) is 0 Å². The molecular formula is C28H44. The summed E-state index contributed by atoms with van der Waals surface area (Å²) in [6.45, 7) is 15.7. The van der Waals surface area contributed by atoms with E-state index in [0.29, 0.717) is 0 Å². The molecule has 0 aliphatic carbocycles. The Morgan fingerprint density at radius 3 is 1.89 bits per heavy atom. The monoisotopic (exact) mass is 380 g/mol. The molecule has 2 aromatic carbocycles. The number of unbranched alkanes of at least 4 members (excludes halogenated alkanes) is 2. The number of hydrogen-bond acceptors (Lipinski definition) is 0. The molecule has 156 valence electrons. The summed E-state index contributed by atoms with van der Waals surface area (Å²) in [6.07, 6.45) is 9.27. The second-order valence-corrected chi connectivity index (χ2v) is 8.56. The molecule has 0 N–H and O–H groups in total. The Balaban J connectivity index is 0.000000292. The normalized spacial score (nSPS) is 12.8. The van der Waals surface area contributed by atoms with Crippen molar-refractivity contribution >= 4 is 0 Å². The molecule has 28 heavy (non-hydrogen) atoms. The first kappa shape index (κ1) is 24.5. The van der Waals surface area contributed by atoms with Crippen LogP contribution < -0.4 is 0 Å². The van der Waals surface area contributed by atoms with Gasteiger partial charge in [-0.3, -0.25) is 0 Å². The number of benzene rings is 2. The van der Waals surface area contributed by atoms with E-state index in [1.807, 2.05) is 0 Å². The molecule has 2 atom stereocenters. The van der Waals surface area contributed by atoms with E-state index in [1.165, 1.54) is 67.2 Å². The van der Waals surface area contributed by atoms with Crippen LogP contribution in [0.4, 0.5) is 0 Å². The van der Waals surface area contributed by atoms with Gasteiger partial charge in [-0.15, -0.1) is 0 Å². The summed E-state index contributed by atoms with van der Waals surface area (Å²) in [5, 5.41) is 0. The minimum Gasteiger partial charge on any atom is -0.0654 e. The Kier molecular flexibility index (Phi) is 11.9. The van der Waals surface area contributed by atoms with Crippen molar-refractivity contribution in [2.75, 3.05) is 0 Å².